The number of nitriles is 3. The molecule has 0 radical (unpaired) electrons. The Morgan fingerprint density at radius 1 is 1.09 bits per heavy atom. The standard InChI is InChI=1S/C6N5/c7-1-5(2-8)11-6(3-9)4-10/q-1. The molecule has 0 N–H and O–H groups in total. The average molecular weight is 142 g/mol. The summed E-state index contributed by atoms with van der Waals surface area (Å²) in [5, 5.41) is 32.5. The SMILES string of the molecule is N#CC(=C=[N-])N=C(C#N)C#N. The average Bonchev–Trinajstić information content (AvgIpc) is 2.07. The van der Waals surface area contributed by atoms with E-state index in [1.54, 1.807) is 0 Å². The lowest BCUT2D eigenvalue weighted by Gasteiger charge is -1.82. The maximum absolute atomic E-state index is 8.13. The highest BCUT2D eigenvalue weighted by Crippen LogP contribution is 1.88. The molecule has 0 fully saturated rings. The van der Waals surface area contributed by atoms with Crippen molar-refractivity contribution in [2.45, 2.75) is 0 Å². The smallest absolute Gasteiger partial charge is 0.219 e. The maximum Gasteiger partial charge on any atom is 0.219 e. The first-order valence-electron chi connectivity index (χ1n) is 2.34. The third-order valence-corrected chi connectivity index (χ3v) is 0.647. The van der Waals surface area contributed by atoms with Gasteiger partial charge in [0.15, 0.2) is 5.70 Å². The van der Waals surface area contributed by atoms with Crippen molar-refractivity contribution in [1.82, 2.24) is 0 Å². The summed E-state index contributed by atoms with van der Waals surface area (Å²) in [5.74, 6) is 1.42. The van der Waals surface area contributed by atoms with E-state index in [9.17, 15) is 0 Å². The normalized spacial score (nSPS) is 5.91. The molecular formula is C6N5-. The summed E-state index contributed by atoms with van der Waals surface area (Å²) in [7, 11) is 0. The minimum atomic E-state index is -0.497. The van der Waals surface area contributed by atoms with Gasteiger partial charge in [-0.1, -0.05) is 0 Å². The number of rotatable bonds is 1. The topological polar surface area (TPSA) is 106 Å². The van der Waals surface area contributed by atoms with Gasteiger partial charge >= 0.3 is 0 Å². The Balaban J connectivity index is 4.90. The summed E-state index contributed by atoms with van der Waals surface area (Å²) < 4.78 is 0. The van der Waals surface area contributed by atoms with E-state index in [-0.39, 0.29) is 0 Å². The van der Waals surface area contributed by atoms with Crippen LogP contribution in [-0.4, -0.2) is 11.6 Å². The molecule has 0 rings (SSSR count). The van der Waals surface area contributed by atoms with E-state index in [2.05, 4.69) is 4.99 Å². The molecule has 0 aliphatic heterocycles. The maximum atomic E-state index is 8.13. The lowest BCUT2D eigenvalue weighted by Crippen LogP contribution is -1.88. The zero-order chi connectivity index (χ0) is 8.69. The fourth-order valence-corrected chi connectivity index (χ4v) is 0.262. The van der Waals surface area contributed by atoms with Gasteiger partial charge in [-0.2, -0.15) is 15.8 Å². The van der Waals surface area contributed by atoms with Crippen LogP contribution in [-0.2, 0) is 0 Å². The molecule has 0 aliphatic carbocycles. The van der Waals surface area contributed by atoms with Crippen molar-refractivity contribution in [3.05, 3.63) is 11.1 Å². The second-order valence-electron chi connectivity index (χ2n) is 1.26. The van der Waals surface area contributed by atoms with Gasteiger partial charge in [0.2, 0.25) is 5.71 Å². The minimum absolute atomic E-state index is 0.497. The second kappa shape index (κ2) is 4.47. The molecule has 0 saturated carbocycles. The van der Waals surface area contributed by atoms with E-state index in [4.69, 9.17) is 21.2 Å². The van der Waals surface area contributed by atoms with Crippen LogP contribution in [0.1, 0.15) is 0 Å². The van der Waals surface area contributed by atoms with E-state index in [1.807, 2.05) is 0 Å². The molecule has 0 amide bonds. The highest BCUT2D eigenvalue weighted by atomic mass is 14.8. The van der Waals surface area contributed by atoms with Crippen molar-refractivity contribution in [3.8, 4) is 18.2 Å². The van der Waals surface area contributed by atoms with E-state index in [0.29, 0.717) is 0 Å². The number of allylic oxidation sites excluding steroid dienone is 1. The van der Waals surface area contributed by atoms with Crippen molar-refractivity contribution < 1.29 is 0 Å². The lowest BCUT2D eigenvalue weighted by molar-refractivity contribution is 1.41. The molecule has 0 aromatic carbocycles. The second-order valence-corrected chi connectivity index (χ2v) is 1.26. The van der Waals surface area contributed by atoms with Crippen LogP contribution in [0.25, 0.3) is 5.41 Å². The van der Waals surface area contributed by atoms with Crippen molar-refractivity contribution in [2.24, 2.45) is 4.99 Å². The minimum Gasteiger partial charge on any atom is -0.761 e. The number of nitrogens with zero attached hydrogens (tertiary/aromatic N) is 5. The van der Waals surface area contributed by atoms with Gasteiger partial charge in [0.1, 0.15) is 18.2 Å². The zero-order valence-corrected chi connectivity index (χ0v) is 5.24. The lowest BCUT2D eigenvalue weighted by atomic mass is 10.4. The van der Waals surface area contributed by atoms with Crippen LogP contribution >= 0.6 is 0 Å². The fraction of sp³-hybridized carbons (Fsp3) is 0. The Kier molecular flexibility index (Phi) is 3.49. The van der Waals surface area contributed by atoms with Gasteiger partial charge in [0.05, 0.1) is 0 Å². The van der Waals surface area contributed by atoms with Gasteiger partial charge in [-0.15, -0.1) is 0 Å². The number of hydrogen-bond donors (Lipinski definition) is 0. The molecule has 5 nitrogen and oxygen atoms in total. The van der Waals surface area contributed by atoms with E-state index in [0.717, 1.165) is 0 Å². The van der Waals surface area contributed by atoms with Crippen LogP contribution in [0, 0.1) is 34.0 Å². The molecule has 0 aromatic heterocycles. The largest absolute Gasteiger partial charge is 0.761 e. The molecule has 0 bridgehead atoms. The van der Waals surface area contributed by atoms with Gasteiger partial charge in [-0.3, -0.25) is 0 Å². The third kappa shape index (κ3) is 2.58. The van der Waals surface area contributed by atoms with Crippen LogP contribution in [0.3, 0.4) is 0 Å². The van der Waals surface area contributed by atoms with Gasteiger partial charge < -0.3 is 5.41 Å². The van der Waals surface area contributed by atoms with Crippen LogP contribution < -0.4 is 0 Å². The third-order valence-electron chi connectivity index (χ3n) is 0.647. The van der Waals surface area contributed by atoms with Gasteiger partial charge in [0, 0.05) is 0 Å². The Bertz CT molecular complexity index is 334. The molecule has 5 heteroatoms. The predicted molar refractivity (Wildman–Crippen MR) is 36.2 cm³/mol. The first kappa shape index (κ1) is 8.59. The summed E-state index contributed by atoms with van der Waals surface area (Å²) in [6, 6.07) is 4.25. The Labute approximate surface area is 62.6 Å². The molecule has 50 valence electrons. The van der Waals surface area contributed by atoms with E-state index in [1.165, 1.54) is 24.1 Å². The monoisotopic (exact) mass is 142 g/mol. The Morgan fingerprint density at radius 3 is 1.91 bits per heavy atom. The molecular weight excluding hydrogens is 142 g/mol. The van der Waals surface area contributed by atoms with Crippen LogP contribution in [0.5, 0.6) is 0 Å². The van der Waals surface area contributed by atoms with Crippen LogP contribution in [0.15, 0.2) is 10.7 Å². The molecule has 0 spiro atoms. The number of hydrogen-bond acceptors (Lipinski definition) is 4. The molecule has 0 atom stereocenters. The first-order valence-corrected chi connectivity index (χ1v) is 2.34. The molecule has 0 unspecified atom stereocenters. The van der Waals surface area contributed by atoms with E-state index < -0.39 is 11.4 Å². The van der Waals surface area contributed by atoms with Crippen LogP contribution in [0.4, 0.5) is 0 Å². The molecule has 0 saturated heterocycles. The quantitative estimate of drug-likeness (QED) is 0.383. The predicted octanol–water partition coefficient (Wildman–Crippen LogP) is 0.121. The highest BCUT2D eigenvalue weighted by molar-refractivity contribution is 6.11. The zero-order valence-electron chi connectivity index (χ0n) is 5.24. The Morgan fingerprint density at radius 2 is 1.64 bits per heavy atom. The van der Waals surface area contributed by atoms with E-state index >= 15 is 0 Å². The van der Waals surface area contributed by atoms with Crippen molar-refractivity contribution in [2.75, 3.05) is 0 Å². The number of aliphatic imine (C=N–C) groups is 1. The van der Waals surface area contributed by atoms with Gasteiger partial charge in [-0.05, 0) is 0 Å². The summed E-state index contributed by atoms with van der Waals surface area (Å²) in [5.41, 5.74) is -0.994. The van der Waals surface area contributed by atoms with Gasteiger partial charge in [0.25, 0.3) is 0 Å². The first-order chi connectivity index (χ1) is 5.28. The molecule has 0 heterocycles. The van der Waals surface area contributed by atoms with Crippen molar-refractivity contribution >= 4 is 11.6 Å². The summed E-state index contributed by atoms with van der Waals surface area (Å²) in [4.78, 5) is 3.14. The summed E-state index contributed by atoms with van der Waals surface area (Å²) >= 11 is 0. The highest BCUT2D eigenvalue weighted by Gasteiger charge is 1.93. The van der Waals surface area contributed by atoms with Crippen molar-refractivity contribution in [3.63, 3.8) is 0 Å². The fourth-order valence-electron chi connectivity index (χ4n) is 0.262. The molecule has 11 heavy (non-hydrogen) atoms. The molecule has 0 aliphatic rings. The summed E-state index contributed by atoms with van der Waals surface area (Å²) in [6.07, 6.45) is 0. The van der Waals surface area contributed by atoms with Gasteiger partial charge in [-0.25, -0.2) is 10.9 Å². The van der Waals surface area contributed by atoms with Crippen LogP contribution in [0.2, 0.25) is 0 Å². The summed E-state index contributed by atoms with van der Waals surface area (Å²) in [6.45, 7) is 0. The molecule has 0 aromatic rings. The van der Waals surface area contributed by atoms with Crippen molar-refractivity contribution in [1.29, 1.82) is 15.8 Å². The Hall–Kier alpha value is -2.41.